The van der Waals surface area contributed by atoms with Crippen molar-refractivity contribution in [3.63, 3.8) is 0 Å². The molecule has 0 unspecified atom stereocenters. The maximum absolute atomic E-state index is 12.9. The van der Waals surface area contributed by atoms with Crippen LogP contribution >= 0.6 is 23.4 Å². The molecule has 6 heteroatoms. The topological polar surface area (TPSA) is 49.4 Å². The van der Waals surface area contributed by atoms with Gasteiger partial charge in [-0.2, -0.15) is 0 Å². The van der Waals surface area contributed by atoms with Crippen molar-refractivity contribution in [1.82, 2.24) is 10.2 Å². The van der Waals surface area contributed by atoms with Crippen LogP contribution in [0, 0.1) is 13.8 Å². The molecule has 0 fully saturated rings. The molecular weight excluding hydrogens is 392 g/mol. The molecule has 2 amide bonds. The van der Waals surface area contributed by atoms with Gasteiger partial charge in [-0.1, -0.05) is 59.1 Å². The summed E-state index contributed by atoms with van der Waals surface area (Å²) in [4.78, 5) is 26.7. The van der Waals surface area contributed by atoms with Crippen molar-refractivity contribution in [1.29, 1.82) is 0 Å². The van der Waals surface area contributed by atoms with Crippen molar-refractivity contribution in [3.05, 3.63) is 69.7 Å². The molecule has 0 heterocycles. The van der Waals surface area contributed by atoms with E-state index in [0.29, 0.717) is 17.3 Å². The van der Waals surface area contributed by atoms with Gasteiger partial charge >= 0.3 is 0 Å². The summed E-state index contributed by atoms with van der Waals surface area (Å²) in [6, 6.07) is 13.2. The van der Waals surface area contributed by atoms with Crippen molar-refractivity contribution in [2.45, 2.75) is 39.1 Å². The van der Waals surface area contributed by atoms with Crippen molar-refractivity contribution in [3.8, 4) is 0 Å². The second-order valence-corrected chi connectivity index (χ2v) is 8.28. The molecule has 0 radical (unpaired) electrons. The Bertz CT molecular complexity index is 821. The van der Waals surface area contributed by atoms with Gasteiger partial charge in [-0.3, -0.25) is 9.59 Å². The fourth-order valence-corrected chi connectivity index (χ4v) is 4.13. The van der Waals surface area contributed by atoms with E-state index < -0.39 is 6.04 Å². The number of likely N-dealkylation sites (N-methyl/N-ethyl adjacent to an activating group) is 1. The van der Waals surface area contributed by atoms with Crippen LogP contribution in [-0.4, -0.2) is 35.6 Å². The largest absolute Gasteiger partial charge is 0.357 e. The smallest absolute Gasteiger partial charge is 0.242 e. The predicted octanol–water partition coefficient (Wildman–Crippen LogP) is 4.35. The number of nitrogens with zero attached hydrogens (tertiary/aromatic N) is 1. The predicted molar refractivity (Wildman–Crippen MR) is 118 cm³/mol. The third-order valence-electron chi connectivity index (χ3n) is 4.49. The number of carbonyl (C=O) groups is 2. The fraction of sp³-hybridized carbons (Fsp3) is 0.364. The van der Waals surface area contributed by atoms with Crippen LogP contribution in [0.2, 0.25) is 5.02 Å². The van der Waals surface area contributed by atoms with E-state index in [9.17, 15) is 9.59 Å². The van der Waals surface area contributed by atoms with E-state index in [-0.39, 0.29) is 11.8 Å². The zero-order valence-electron chi connectivity index (χ0n) is 16.8. The number of rotatable bonds is 8. The molecule has 0 aliphatic rings. The summed E-state index contributed by atoms with van der Waals surface area (Å²) in [6.45, 7) is 6.19. The first kappa shape index (κ1) is 22.3. The van der Waals surface area contributed by atoms with Gasteiger partial charge in [0, 0.05) is 24.4 Å². The van der Waals surface area contributed by atoms with Crippen LogP contribution in [0.15, 0.2) is 42.5 Å². The Labute approximate surface area is 176 Å². The summed E-state index contributed by atoms with van der Waals surface area (Å²) >= 11 is 7.82. The summed E-state index contributed by atoms with van der Waals surface area (Å²) < 4.78 is 0. The maximum atomic E-state index is 12.9. The van der Waals surface area contributed by atoms with Crippen LogP contribution in [0.5, 0.6) is 0 Å². The molecule has 2 aromatic carbocycles. The fourth-order valence-electron chi connectivity index (χ4n) is 3.09. The number of nitrogens with one attached hydrogen (secondary N) is 1. The molecule has 1 atom stereocenters. The number of benzene rings is 2. The number of hydrogen-bond donors (Lipinski definition) is 1. The lowest BCUT2D eigenvalue weighted by molar-refractivity contribution is -0.138. The minimum Gasteiger partial charge on any atom is -0.357 e. The highest BCUT2D eigenvalue weighted by molar-refractivity contribution is 7.99. The lowest BCUT2D eigenvalue weighted by atomic mass is 10.1. The highest BCUT2D eigenvalue weighted by Gasteiger charge is 2.25. The lowest BCUT2D eigenvalue weighted by Crippen LogP contribution is -2.47. The third-order valence-corrected chi connectivity index (χ3v) is 5.85. The average Bonchev–Trinajstić information content (AvgIpc) is 2.65. The normalized spacial score (nSPS) is 11.8. The molecule has 2 aromatic rings. The van der Waals surface area contributed by atoms with Gasteiger partial charge in [0.2, 0.25) is 11.8 Å². The van der Waals surface area contributed by atoms with Crippen LogP contribution < -0.4 is 5.32 Å². The number of thioether (sulfide) groups is 1. The van der Waals surface area contributed by atoms with Gasteiger partial charge in [-0.05, 0) is 38.0 Å². The van der Waals surface area contributed by atoms with Crippen LogP contribution in [-0.2, 0) is 21.9 Å². The molecule has 4 nitrogen and oxygen atoms in total. The Balaban J connectivity index is 2.07. The van der Waals surface area contributed by atoms with E-state index in [1.807, 2.05) is 18.2 Å². The molecular formula is C22H27ClN2O2S. The summed E-state index contributed by atoms with van der Waals surface area (Å²) in [6.07, 6.45) is 0. The van der Waals surface area contributed by atoms with Crippen LogP contribution in [0.25, 0.3) is 0 Å². The Hall–Kier alpha value is -1.98. The molecule has 0 aromatic heterocycles. The van der Waals surface area contributed by atoms with Crippen molar-refractivity contribution in [2.75, 3.05) is 12.8 Å². The quantitative estimate of drug-likeness (QED) is 0.693. The molecule has 0 bridgehead atoms. The first-order valence-electron chi connectivity index (χ1n) is 9.21. The van der Waals surface area contributed by atoms with Crippen LogP contribution in [0.4, 0.5) is 0 Å². The van der Waals surface area contributed by atoms with E-state index in [1.54, 1.807) is 36.7 Å². The first-order chi connectivity index (χ1) is 13.3. The maximum Gasteiger partial charge on any atom is 0.242 e. The Morgan fingerprint density at radius 2 is 1.79 bits per heavy atom. The van der Waals surface area contributed by atoms with Gasteiger partial charge in [-0.25, -0.2) is 0 Å². The van der Waals surface area contributed by atoms with Gasteiger partial charge in [0.15, 0.2) is 0 Å². The van der Waals surface area contributed by atoms with Crippen molar-refractivity contribution >= 4 is 35.2 Å². The van der Waals surface area contributed by atoms with E-state index in [2.05, 4.69) is 37.4 Å². The first-order valence-corrected chi connectivity index (χ1v) is 10.7. The molecule has 28 heavy (non-hydrogen) atoms. The molecule has 1 N–H and O–H groups in total. The zero-order chi connectivity index (χ0) is 20.7. The molecule has 150 valence electrons. The molecule has 0 saturated heterocycles. The van der Waals surface area contributed by atoms with Crippen LogP contribution in [0.3, 0.4) is 0 Å². The molecule has 0 spiro atoms. The Morgan fingerprint density at radius 3 is 2.39 bits per heavy atom. The standard InChI is InChI=1S/C22H27ClN2O2S/c1-15-9-16(2)11-18(10-15)13-28-14-21(26)25(17(3)22(27)24-4)12-19-7-5-6-8-20(19)23/h5-11,17H,12-14H2,1-4H3,(H,24,27)/t17-/m0/s1. The SMILES string of the molecule is CNC(=O)[C@H](C)N(Cc1ccccc1Cl)C(=O)CSCc1cc(C)cc(C)c1. The summed E-state index contributed by atoms with van der Waals surface area (Å²) in [5.74, 6) is 0.784. The lowest BCUT2D eigenvalue weighted by Gasteiger charge is -2.28. The number of halogens is 1. The van der Waals surface area contributed by atoms with Gasteiger partial charge < -0.3 is 10.2 Å². The van der Waals surface area contributed by atoms with Gasteiger partial charge in [0.25, 0.3) is 0 Å². The Morgan fingerprint density at radius 1 is 1.14 bits per heavy atom. The molecule has 0 aliphatic carbocycles. The second-order valence-electron chi connectivity index (χ2n) is 6.89. The highest BCUT2D eigenvalue weighted by atomic mass is 35.5. The van der Waals surface area contributed by atoms with Gasteiger partial charge in [-0.15, -0.1) is 11.8 Å². The number of amides is 2. The third kappa shape index (κ3) is 6.28. The van der Waals surface area contributed by atoms with Crippen molar-refractivity contribution < 1.29 is 9.59 Å². The minimum absolute atomic E-state index is 0.0783. The summed E-state index contributed by atoms with van der Waals surface area (Å²) in [7, 11) is 1.58. The summed E-state index contributed by atoms with van der Waals surface area (Å²) in [5.41, 5.74) is 4.46. The molecule has 0 aliphatic heterocycles. The average molecular weight is 419 g/mol. The second kappa shape index (κ2) is 10.5. The monoisotopic (exact) mass is 418 g/mol. The molecule has 0 saturated carbocycles. The van der Waals surface area contributed by atoms with Gasteiger partial charge in [0.05, 0.1) is 5.75 Å². The highest BCUT2D eigenvalue weighted by Crippen LogP contribution is 2.21. The zero-order valence-corrected chi connectivity index (χ0v) is 18.4. The number of hydrogen-bond acceptors (Lipinski definition) is 3. The van der Waals surface area contributed by atoms with Gasteiger partial charge in [0.1, 0.15) is 6.04 Å². The van der Waals surface area contributed by atoms with E-state index in [4.69, 9.17) is 11.6 Å². The van der Waals surface area contributed by atoms with E-state index in [0.717, 1.165) is 11.3 Å². The van der Waals surface area contributed by atoms with E-state index in [1.165, 1.54) is 16.7 Å². The van der Waals surface area contributed by atoms with E-state index >= 15 is 0 Å². The number of carbonyl (C=O) groups excluding carboxylic acids is 2. The number of aryl methyl sites for hydroxylation is 2. The van der Waals surface area contributed by atoms with Crippen molar-refractivity contribution in [2.24, 2.45) is 0 Å². The summed E-state index contributed by atoms with van der Waals surface area (Å²) in [5, 5.41) is 3.21. The Kier molecular flexibility index (Phi) is 8.39. The van der Waals surface area contributed by atoms with Crippen LogP contribution in [0.1, 0.15) is 29.2 Å². The molecule has 2 rings (SSSR count). The minimum atomic E-state index is -0.574.